The van der Waals surface area contributed by atoms with Gasteiger partial charge in [-0.05, 0) is 77.0 Å². The largest absolute Gasteiger partial charge is 0.394 e. The predicted octanol–water partition coefficient (Wildman–Crippen LogP) is 12.8. The Morgan fingerprint density at radius 2 is 0.690 bits per heavy atom. The van der Waals surface area contributed by atoms with Gasteiger partial charge in [-0.3, -0.25) is 4.79 Å². The molecule has 12 N–H and O–H groups in total. The van der Waals surface area contributed by atoms with Crippen LogP contribution >= 0.6 is 0 Å². The first-order valence-electron chi connectivity index (χ1n) is 39.5. The fourth-order valence-corrected chi connectivity index (χ4v) is 12.8. The molecule has 3 heterocycles. The van der Waals surface area contributed by atoms with E-state index in [9.17, 15) is 61.0 Å². The van der Waals surface area contributed by atoms with Crippen molar-refractivity contribution in [2.24, 2.45) is 0 Å². The number of rotatable bonds is 61. The number of carbonyl (C=O) groups is 1. The summed E-state index contributed by atoms with van der Waals surface area (Å²) >= 11 is 0. The molecule has 100 heavy (non-hydrogen) atoms. The van der Waals surface area contributed by atoms with Crippen molar-refractivity contribution in [2.45, 2.75) is 381 Å². The lowest BCUT2D eigenvalue weighted by molar-refractivity contribution is -0.379. The van der Waals surface area contributed by atoms with Crippen LogP contribution in [0.4, 0.5) is 0 Å². The second-order valence-corrected chi connectivity index (χ2v) is 27.8. The standard InChI is InChI=1S/C81H141NO18/c1-3-5-7-9-11-13-15-17-19-21-23-25-27-29-31-33-34-36-38-40-42-44-46-48-50-52-54-56-58-65(86)64(82-69(87)59-57-55-53-51-49-47-45-43-41-39-37-35-32-30-28-26-24-22-20-18-16-14-12-10-8-6-4-2)63-95-79-75(93)72(90)77(67(61-84)97-79)100-81-76(94)73(91)78(68(62-85)98-81)99-80-74(92)71(89)70(88)66(60-83)96-80/h6,8,12,14,18,20,24,26,30,32,37,39,43,45,56,58,64-68,70-81,83-86,88-94H,3-5,7,9-11,13,15-17,19,21-23,25,27-29,31,33-36,38,40-42,44,46-55,57,59-63H2,1-2H3,(H,82,87)/b8-6-,14-12-,20-18-,26-24-,32-30-,39-37-,45-43-,58-56+. The molecule has 3 saturated heterocycles. The van der Waals surface area contributed by atoms with Gasteiger partial charge >= 0.3 is 0 Å². The molecule has 0 aromatic carbocycles. The van der Waals surface area contributed by atoms with E-state index in [0.717, 1.165) is 103 Å². The number of aliphatic hydroxyl groups excluding tert-OH is 11. The van der Waals surface area contributed by atoms with Crippen molar-refractivity contribution < 1.29 is 89.4 Å². The monoisotopic (exact) mass is 1420 g/mol. The predicted molar refractivity (Wildman–Crippen MR) is 397 cm³/mol. The lowest BCUT2D eigenvalue weighted by Crippen LogP contribution is -2.66. The summed E-state index contributed by atoms with van der Waals surface area (Å²) in [4.78, 5) is 13.5. The molecule has 0 spiro atoms. The maximum Gasteiger partial charge on any atom is 0.220 e. The van der Waals surface area contributed by atoms with E-state index < -0.39 is 124 Å². The number of unbranched alkanes of at least 4 members (excludes halogenated alkanes) is 31. The first-order chi connectivity index (χ1) is 48.8. The van der Waals surface area contributed by atoms with Crippen LogP contribution in [0.3, 0.4) is 0 Å². The number of allylic oxidation sites excluding steroid dienone is 15. The zero-order chi connectivity index (χ0) is 72.5. The lowest BCUT2D eigenvalue weighted by atomic mass is 9.96. The molecule has 3 aliphatic heterocycles. The van der Waals surface area contributed by atoms with Gasteiger partial charge in [-0.25, -0.2) is 0 Å². The van der Waals surface area contributed by atoms with E-state index in [0.29, 0.717) is 6.42 Å². The molecule has 0 bridgehead atoms. The smallest absolute Gasteiger partial charge is 0.220 e. The molecule has 0 aromatic heterocycles. The molecular weight excluding hydrogens is 1270 g/mol. The van der Waals surface area contributed by atoms with Crippen molar-refractivity contribution in [3.63, 3.8) is 0 Å². The molecular formula is C81H141NO18. The van der Waals surface area contributed by atoms with Gasteiger partial charge in [-0.15, -0.1) is 0 Å². The van der Waals surface area contributed by atoms with Crippen LogP contribution in [0.5, 0.6) is 0 Å². The average Bonchev–Trinajstić information content (AvgIpc) is 0.783. The highest BCUT2D eigenvalue weighted by molar-refractivity contribution is 5.76. The molecule has 0 aliphatic carbocycles. The second kappa shape index (κ2) is 60.9. The Labute approximate surface area is 603 Å². The Balaban J connectivity index is 1.41. The van der Waals surface area contributed by atoms with Crippen molar-refractivity contribution in [1.82, 2.24) is 5.32 Å². The molecule has 3 aliphatic rings. The number of hydrogen-bond acceptors (Lipinski definition) is 18. The van der Waals surface area contributed by atoms with Crippen LogP contribution in [0.1, 0.15) is 277 Å². The Bertz CT molecular complexity index is 2190. The molecule has 1 amide bonds. The Morgan fingerprint density at radius 1 is 0.370 bits per heavy atom. The summed E-state index contributed by atoms with van der Waals surface area (Å²) in [6.07, 6.45) is 55.2. The van der Waals surface area contributed by atoms with Gasteiger partial charge in [0, 0.05) is 6.42 Å². The molecule has 578 valence electrons. The van der Waals surface area contributed by atoms with Crippen LogP contribution in [0.15, 0.2) is 97.2 Å². The van der Waals surface area contributed by atoms with Gasteiger partial charge < -0.3 is 89.9 Å². The third-order valence-corrected chi connectivity index (χ3v) is 19.1. The van der Waals surface area contributed by atoms with E-state index >= 15 is 0 Å². The van der Waals surface area contributed by atoms with E-state index in [1.165, 1.54) is 148 Å². The highest BCUT2D eigenvalue weighted by Crippen LogP contribution is 2.33. The Kier molecular flexibility index (Phi) is 55.4. The van der Waals surface area contributed by atoms with Gasteiger partial charge in [0.25, 0.3) is 0 Å². The third kappa shape index (κ3) is 40.8. The minimum atomic E-state index is -1.99. The number of nitrogens with one attached hydrogen (secondary N) is 1. The topological polar surface area (TPSA) is 307 Å². The highest BCUT2D eigenvalue weighted by Gasteiger charge is 2.53. The van der Waals surface area contributed by atoms with Gasteiger partial charge in [0.1, 0.15) is 73.2 Å². The molecule has 3 fully saturated rings. The maximum atomic E-state index is 13.5. The van der Waals surface area contributed by atoms with Crippen LogP contribution in [0, 0.1) is 0 Å². The SMILES string of the molecule is CC/C=C\C/C=C\C/C=C\C/C=C\C/C=C\C/C=C\C/C=C\CCCCCCCC(=O)NC(COC1OC(CO)C(OC2OC(CO)C(OC3OC(CO)C(O)C(O)C3O)C(O)C2O)C(O)C1O)C(O)/C=C/CCCCCCCCCCCCCCCCCCCCCCCCCCCC. The molecule has 19 nitrogen and oxygen atoms in total. The van der Waals surface area contributed by atoms with Crippen molar-refractivity contribution in [3.05, 3.63) is 97.2 Å². The summed E-state index contributed by atoms with van der Waals surface area (Å²) in [6.45, 7) is 1.63. The van der Waals surface area contributed by atoms with Crippen molar-refractivity contribution >= 4 is 5.91 Å². The number of amides is 1. The van der Waals surface area contributed by atoms with Gasteiger partial charge in [0.15, 0.2) is 18.9 Å². The molecule has 3 rings (SSSR count). The summed E-state index contributed by atoms with van der Waals surface area (Å²) in [5.41, 5.74) is 0. The number of aliphatic hydroxyl groups is 11. The molecule has 17 unspecified atom stereocenters. The minimum Gasteiger partial charge on any atom is -0.394 e. The molecule has 0 saturated carbocycles. The quantitative estimate of drug-likeness (QED) is 0.0199. The van der Waals surface area contributed by atoms with Crippen molar-refractivity contribution in [3.8, 4) is 0 Å². The average molecular weight is 1420 g/mol. The maximum absolute atomic E-state index is 13.5. The summed E-state index contributed by atoms with van der Waals surface area (Å²) in [7, 11) is 0. The van der Waals surface area contributed by atoms with E-state index in [1.54, 1.807) is 6.08 Å². The molecule has 0 aromatic rings. The summed E-state index contributed by atoms with van der Waals surface area (Å²) in [6, 6.07) is -0.993. The Morgan fingerprint density at radius 3 is 1.08 bits per heavy atom. The van der Waals surface area contributed by atoms with E-state index in [1.807, 2.05) is 6.08 Å². The number of hydrogen-bond donors (Lipinski definition) is 12. The minimum absolute atomic E-state index is 0.215. The fraction of sp³-hybridized carbons (Fsp3) is 0.790. The highest BCUT2D eigenvalue weighted by atomic mass is 16.8. The number of ether oxygens (including phenoxy) is 6. The first-order valence-corrected chi connectivity index (χ1v) is 39.5. The molecule has 17 atom stereocenters. The molecule has 19 heteroatoms. The van der Waals surface area contributed by atoms with Crippen LogP contribution in [-0.4, -0.2) is 193 Å². The van der Waals surface area contributed by atoms with E-state index in [-0.39, 0.29) is 18.9 Å². The van der Waals surface area contributed by atoms with Crippen molar-refractivity contribution in [2.75, 3.05) is 26.4 Å². The van der Waals surface area contributed by atoms with Crippen LogP contribution in [0.25, 0.3) is 0 Å². The van der Waals surface area contributed by atoms with Crippen LogP contribution in [-0.2, 0) is 33.2 Å². The number of carbonyl (C=O) groups excluding carboxylic acids is 1. The zero-order valence-corrected chi connectivity index (χ0v) is 61.6. The van der Waals surface area contributed by atoms with Gasteiger partial charge in [0.05, 0.1) is 38.6 Å². The third-order valence-electron chi connectivity index (χ3n) is 19.1. The Hall–Kier alpha value is -3.29. The summed E-state index contributed by atoms with van der Waals surface area (Å²) in [5, 5.41) is 121. The van der Waals surface area contributed by atoms with Gasteiger partial charge in [-0.2, -0.15) is 0 Å². The van der Waals surface area contributed by atoms with Crippen LogP contribution in [0.2, 0.25) is 0 Å². The van der Waals surface area contributed by atoms with E-state index in [2.05, 4.69) is 104 Å². The lowest BCUT2D eigenvalue weighted by Gasteiger charge is -2.48. The van der Waals surface area contributed by atoms with Crippen molar-refractivity contribution in [1.29, 1.82) is 0 Å². The van der Waals surface area contributed by atoms with Gasteiger partial charge in [0.2, 0.25) is 5.91 Å². The van der Waals surface area contributed by atoms with Crippen LogP contribution < -0.4 is 5.32 Å². The molecule has 0 radical (unpaired) electrons. The zero-order valence-electron chi connectivity index (χ0n) is 61.6. The van der Waals surface area contributed by atoms with E-state index in [4.69, 9.17) is 28.4 Å². The van der Waals surface area contributed by atoms with Gasteiger partial charge in [-0.1, -0.05) is 291 Å². The second-order valence-electron chi connectivity index (χ2n) is 27.8. The fourth-order valence-electron chi connectivity index (χ4n) is 12.8. The summed E-state index contributed by atoms with van der Waals surface area (Å²) in [5.74, 6) is -0.295. The summed E-state index contributed by atoms with van der Waals surface area (Å²) < 4.78 is 34.4. The first kappa shape index (κ1) is 90.9. The normalized spacial score (nSPS) is 27.0.